The van der Waals surface area contributed by atoms with Gasteiger partial charge in [0.1, 0.15) is 12.4 Å². The van der Waals surface area contributed by atoms with Gasteiger partial charge < -0.3 is 15.2 Å². The number of carboxylic acids is 1. The highest BCUT2D eigenvalue weighted by molar-refractivity contribution is 7.14. The molecule has 5 nitrogen and oxygen atoms in total. The molecule has 0 aliphatic heterocycles. The fraction of sp³-hybridized carbons (Fsp3) is 0.308. The fourth-order valence-corrected chi connectivity index (χ4v) is 4.14. The van der Waals surface area contributed by atoms with Crippen LogP contribution in [-0.2, 0) is 16.8 Å². The van der Waals surface area contributed by atoms with Crippen molar-refractivity contribution in [3.63, 3.8) is 0 Å². The average molecular weight is 452 g/mol. The lowest BCUT2D eigenvalue weighted by Crippen LogP contribution is -2.25. The second-order valence-electron chi connectivity index (χ2n) is 8.76. The Kier molecular flexibility index (Phi) is 7.36. The van der Waals surface area contributed by atoms with Gasteiger partial charge in [0.05, 0.1) is 11.3 Å². The van der Waals surface area contributed by atoms with Crippen LogP contribution in [0.25, 0.3) is 11.1 Å². The maximum atomic E-state index is 12.1. The van der Waals surface area contributed by atoms with E-state index < -0.39 is 5.97 Å². The maximum absolute atomic E-state index is 12.1. The van der Waals surface area contributed by atoms with Crippen molar-refractivity contribution in [2.45, 2.75) is 46.1 Å². The summed E-state index contributed by atoms with van der Waals surface area (Å²) in [4.78, 5) is 24.1. The van der Waals surface area contributed by atoms with Gasteiger partial charge in [-0.2, -0.15) is 0 Å². The molecule has 1 amide bonds. The molecule has 3 aromatic rings. The summed E-state index contributed by atoms with van der Waals surface area (Å²) in [6.07, 6.45) is -0.0941. The largest absolute Gasteiger partial charge is 0.488 e. The number of benzene rings is 2. The molecule has 32 heavy (non-hydrogen) atoms. The Morgan fingerprint density at radius 2 is 1.75 bits per heavy atom. The van der Waals surface area contributed by atoms with Crippen LogP contribution in [0.4, 0.5) is 0 Å². The zero-order valence-electron chi connectivity index (χ0n) is 18.9. The van der Waals surface area contributed by atoms with E-state index in [0.717, 1.165) is 16.2 Å². The first-order valence-electron chi connectivity index (χ1n) is 10.6. The fourth-order valence-electron chi connectivity index (χ4n) is 3.30. The Balaban J connectivity index is 1.60. The normalized spacial score (nSPS) is 11.2. The predicted molar refractivity (Wildman–Crippen MR) is 129 cm³/mol. The lowest BCUT2D eigenvalue weighted by atomic mass is 9.86. The first kappa shape index (κ1) is 23.5. The standard InChI is InChI=1S/C26H29NO4S/c1-17-15-20(9-11-22(17)18-5-7-19(8-6-18)26(2,3)4)31-16-21-10-12-23(32-21)25(30)27-14-13-24(28)29/h5-12,15H,13-14,16H2,1-4H3,(H,27,30)(H,28,29). The second kappa shape index (κ2) is 10.0. The van der Waals surface area contributed by atoms with Gasteiger partial charge in [-0.25, -0.2) is 0 Å². The minimum atomic E-state index is -0.936. The molecule has 0 saturated carbocycles. The summed E-state index contributed by atoms with van der Waals surface area (Å²) >= 11 is 1.34. The van der Waals surface area contributed by atoms with Gasteiger partial charge in [-0.1, -0.05) is 51.1 Å². The number of amides is 1. The first-order valence-corrected chi connectivity index (χ1v) is 11.4. The predicted octanol–water partition coefficient (Wildman–Crippen LogP) is 5.80. The van der Waals surface area contributed by atoms with Crippen LogP contribution in [0, 0.1) is 6.92 Å². The molecular weight excluding hydrogens is 422 g/mol. The molecule has 0 unspecified atom stereocenters. The summed E-state index contributed by atoms with van der Waals surface area (Å²) in [6, 6.07) is 18.4. The van der Waals surface area contributed by atoms with Gasteiger partial charge in [0, 0.05) is 11.4 Å². The second-order valence-corrected chi connectivity index (χ2v) is 9.93. The summed E-state index contributed by atoms with van der Waals surface area (Å²) in [7, 11) is 0. The zero-order valence-corrected chi connectivity index (χ0v) is 19.7. The van der Waals surface area contributed by atoms with Crippen molar-refractivity contribution in [2.24, 2.45) is 0 Å². The minimum Gasteiger partial charge on any atom is -0.488 e. The van der Waals surface area contributed by atoms with E-state index in [0.29, 0.717) is 11.5 Å². The number of aliphatic carboxylic acids is 1. The summed E-state index contributed by atoms with van der Waals surface area (Å²) in [5.41, 5.74) is 4.93. The van der Waals surface area contributed by atoms with Crippen molar-refractivity contribution >= 4 is 23.2 Å². The lowest BCUT2D eigenvalue weighted by molar-refractivity contribution is -0.136. The number of carboxylic acid groups (broad SMARTS) is 1. The Morgan fingerprint density at radius 1 is 1.03 bits per heavy atom. The molecule has 1 heterocycles. The molecule has 2 aromatic carbocycles. The topological polar surface area (TPSA) is 75.6 Å². The molecule has 3 rings (SSSR count). The van der Waals surface area contributed by atoms with Crippen LogP contribution in [0.5, 0.6) is 5.75 Å². The van der Waals surface area contributed by atoms with E-state index >= 15 is 0 Å². The van der Waals surface area contributed by atoms with E-state index in [9.17, 15) is 9.59 Å². The molecule has 0 bridgehead atoms. The lowest BCUT2D eigenvalue weighted by Gasteiger charge is -2.19. The quantitative estimate of drug-likeness (QED) is 0.453. The number of nitrogens with one attached hydrogen (secondary N) is 1. The molecule has 168 valence electrons. The third-order valence-corrected chi connectivity index (χ3v) is 6.21. The Labute approximate surface area is 193 Å². The number of aryl methyl sites for hydroxylation is 1. The summed E-state index contributed by atoms with van der Waals surface area (Å²) in [5.74, 6) is -0.424. The van der Waals surface area contributed by atoms with E-state index in [1.165, 1.54) is 28.0 Å². The monoisotopic (exact) mass is 451 g/mol. The maximum Gasteiger partial charge on any atom is 0.305 e. The van der Waals surface area contributed by atoms with Gasteiger partial charge in [-0.05, 0) is 58.9 Å². The summed E-state index contributed by atoms with van der Waals surface area (Å²) in [6.45, 7) is 9.19. The molecule has 0 aliphatic carbocycles. The van der Waals surface area contributed by atoms with Crippen molar-refractivity contribution in [2.75, 3.05) is 6.54 Å². The van der Waals surface area contributed by atoms with E-state index in [1.807, 2.05) is 18.2 Å². The van der Waals surface area contributed by atoms with E-state index in [4.69, 9.17) is 9.84 Å². The molecule has 1 aromatic heterocycles. The molecular formula is C26H29NO4S. The molecule has 0 radical (unpaired) electrons. The average Bonchev–Trinajstić information content (AvgIpc) is 3.21. The Bertz CT molecular complexity index is 1090. The van der Waals surface area contributed by atoms with Crippen molar-refractivity contribution in [3.05, 3.63) is 75.5 Å². The van der Waals surface area contributed by atoms with Crippen molar-refractivity contribution in [3.8, 4) is 16.9 Å². The third-order valence-electron chi connectivity index (χ3n) is 5.15. The molecule has 0 fully saturated rings. The summed E-state index contributed by atoms with van der Waals surface area (Å²) in [5, 5.41) is 11.3. The number of hydrogen-bond acceptors (Lipinski definition) is 4. The van der Waals surface area contributed by atoms with Crippen LogP contribution in [0.3, 0.4) is 0 Å². The Hall–Kier alpha value is -3.12. The molecule has 0 aliphatic rings. The van der Waals surface area contributed by atoms with Crippen molar-refractivity contribution < 1.29 is 19.4 Å². The van der Waals surface area contributed by atoms with Crippen LogP contribution < -0.4 is 10.1 Å². The number of rotatable bonds is 8. The smallest absolute Gasteiger partial charge is 0.305 e. The highest BCUT2D eigenvalue weighted by Gasteiger charge is 2.14. The highest BCUT2D eigenvalue weighted by atomic mass is 32.1. The molecule has 2 N–H and O–H groups in total. The van der Waals surface area contributed by atoms with Gasteiger partial charge in [0.15, 0.2) is 0 Å². The number of hydrogen-bond donors (Lipinski definition) is 2. The Morgan fingerprint density at radius 3 is 2.38 bits per heavy atom. The number of carbonyl (C=O) groups is 2. The minimum absolute atomic E-state index is 0.0941. The zero-order chi connectivity index (χ0) is 23.3. The van der Waals surface area contributed by atoms with Crippen LogP contribution in [0.15, 0.2) is 54.6 Å². The van der Waals surface area contributed by atoms with Crippen LogP contribution >= 0.6 is 11.3 Å². The van der Waals surface area contributed by atoms with Crippen molar-refractivity contribution in [1.29, 1.82) is 0 Å². The molecule has 6 heteroatoms. The van der Waals surface area contributed by atoms with Gasteiger partial charge in [0.25, 0.3) is 5.91 Å². The highest BCUT2D eigenvalue weighted by Crippen LogP contribution is 2.30. The van der Waals surface area contributed by atoms with E-state index in [2.05, 4.69) is 63.3 Å². The van der Waals surface area contributed by atoms with E-state index in [-0.39, 0.29) is 24.3 Å². The van der Waals surface area contributed by atoms with Gasteiger partial charge in [0.2, 0.25) is 0 Å². The number of thiophene rings is 1. The molecule has 0 spiro atoms. The van der Waals surface area contributed by atoms with Crippen LogP contribution in [0.2, 0.25) is 0 Å². The van der Waals surface area contributed by atoms with Gasteiger partial charge in [-0.15, -0.1) is 11.3 Å². The molecule has 0 atom stereocenters. The van der Waals surface area contributed by atoms with Gasteiger partial charge >= 0.3 is 5.97 Å². The number of carbonyl (C=O) groups excluding carboxylic acids is 1. The van der Waals surface area contributed by atoms with E-state index in [1.54, 1.807) is 6.07 Å². The van der Waals surface area contributed by atoms with Crippen molar-refractivity contribution in [1.82, 2.24) is 5.32 Å². The molecule has 0 saturated heterocycles. The van der Waals surface area contributed by atoms with Gasteiger partial charge in [-0.3, -0.25) is 9.59 Å². The summed E-state index contributed by atoms with van der Waals surface area (Å²) < 4.78 is 5.93. The van der Waals surface area contributed by atoms with Crippen LogP contribution in [0.1, 0.15) is 52.9 Å². The SMILES string of the molecule is Cc1cc(OCc2ccc(C(=O)NCCC(=O)O)s2)ccc1-c1ccc(C(C)(C)C)cc1. The third kappa shape index (κ3) is 6.20. The number of ether oxygens (including phenoxy) is 1. The van der Waals surface area contributed by atoms with Crippen LogP contribution in [-0.4, -0.2) is 23.5 Å². The first-order chi connectivity index (χ1) is 15.1.